The van der Waals surface area contributed by atoms with Crippen LogP contribution in [0.15, 0.2) is 0 Å². The molecule has 3 N–H and O–H groups in total. The van der Waals surface area contributed by atoms with E-state index in [-0.39, 0.29) is 25.7 Å². The van der Waals surface area contributed by atoms with Gasteiger partial charge in [0.15, 0.2) is 12.2 Å². The summed E-state index contributed by atoms with van der Waals surface area (Å²) >= 11 is 0. The fourth-order valence-electron chi connectivity index (χ4n) is 9.54. The first-order valence-corrected chi connectivity index (χ1v) is 36.8. The molecule has 0 aliphatic heterocycles. The number of unbranched alkanes of at least 4 members (excludes halogenated alkanes) is 26. The lowest BCUT2D eigenvalue weighted by atomic mass is 10.00. The Morgan fingerprint density at radius 3 is 0.845 bits per heavy atom. The molecule has 498 valence electrons. The molecule has 0 rings (SSSR count). The lowest BCUT2D eigenvalue weighted by Gasteiger charge is -2.21. The minimum atomic E-state index is -4.95. The van der Waals surface area contributed by atoms with E-state index in [9.17, 15) is 43.2 Å². The van der Waals surface area contributed by atoms with Crippen LogP contribution < -0.4 is 0 Å². The Balaban J connectivity index is 5.26. The minimum Gasteiger partial charge on any atom is -0.462 e. The van der Waals surface area contributed by atoms with Crippen molar-refractivity contribution in [1.82, 2.24) is 0 Å². The van der Waals surface area contributed by atoms with Gasteiger partial charge in [0.05, 0.1) is 26.4 Å². The molecule has 0 fully saturated rings. The maximum Gasteiger partial charge on any atom is 0.472 e. The standard InChI is InChI=1S/C65H126O17P2/c1-9-57(7)43-35-27-21-23-30-38-46-63(68)76-52-61(82-65(70)48-40-32-24-22-28-36-44-58(8)10-2)54-80-84(73,74)78-50-59(66)49-77-83(71,72)79-53-60(51-75-62(67)45-37-29-20-16-18-26-34-42-56(5)6)81-64(69)47-39-31-19-15-13-11-12-14-17-25-33-41-55(3)4/h55-61,66H,9-54H2,1-8H3,(H,71,72)(H,73,74)/t57?,58?,59-,60-,61-/m1/s1. The maximum atomic E-state index is 13.0. The molecule has 84 heavy (non-hydrogen) atoms. The van der Waals surface area contributed by atoms with Crippen LogP contribution in [0.25, 0.3) is 0 Å². The van der Waals surface area contributed by atoms with Crippen LogP contribution in [-0.4, -0.2) is 96.7 Å². The molecule has 0 aliphatic carbocycles. The molecule has 0 heterocycles. The third-order valence-corrected chi connectivity index (χ3v) is 17.4. The van der Waals surface area contributed by atoms with Crippen molar-refractivity contribution < 1.29 is 80.2 Å². The number of aliphatic hydroxyl groups is 1. The Labute approximate surface area is 511 Å². The lowest BCUT2D eigenvalue weighted by molar-refractivity contribution is -0.161. The second-order valence-corrected chi connectivity index (χ2v) is 27.8. The van der Waals surface area contributed by atoms with Crippen LogP contribution in [0.2, 0.25) is 0 Å². The quantitative estimate of drug-likeness (QED) is 0.0222. The third-order valence-electron chi connectivity index (χ3n) is 15.5. The predicted molar refractivity (Wildman–Crippen MR) is 335 cm³/mol. The van der Waals surface area contributed by atoms with Crippen molar-refractivity contribution in [2.45, 2.75) is 331 Å². The number of ether oxygens (including phenoxy) is 4. The monoisotopic (exact) mass is 1240 g/mol. The molecule has 17 nitrogen and oxygen atoms in total. The van der Waals surface area contributed by atoms with E-state index in [2.05, 4.69) is 55.4 Å². The van der Waals surface area contributed by atoms with Gasteiger partial charge in [-0.2, -0.15) is 0 Å². The highest BCUT2D eigenvalue weighted by atomic mass is 31.2. The van der Waals surface area contributed by atoms with Gasteiger partial charge in [-0.25, -0.2) is 9.13 Å². The number of phosphoric acid groups is 2. The summed E-state index contributed by atoms with van der Waals surface area (Å²) in [6.07, 6.45) is 35.0. The number of phosphoric ester groups is 2. The first kappa shape index (κ1) is 82.1. The molecular weight excluding hydrogens is 1110 g/mol. The molecule has 0 amide bonds. The molecule has 0 bridgehead atoms. The van der Waals surface area contributed by atoms with Crippen LogP contribution in [-0.2, 0) is 65.4 Å². The molecule has 0 saturated carbocycles. The van der Waals surface area contributed by atoms with Crippen LogP contribution in [0.4, 0.5) is 0 Å². The van der Waals surface area contributed by atoms with E-state index in [0.29, 0.717) is 31.6 Å². The molecular formula is C65H126O17P2. The highest BCUT2D eigenvalue weighted by molar-refractivity contribution is 7.47. The van der Waals surface area contributed by atoms with Gasteiger partial charge in [0.25, 0.3) is 0 Å². The summed E-state index contributed by atoms with van der Waals surface area (Å²) in [4.78, 5) is 72.2. The van der Waals surface area contributed by atoms with E-state index >= 15 is 0 Å². The average Bonchev–Trinajstić information content (AvgIpc) is 3.47. The van der Waals surface area contributed by atoms with Gasteiger partial charge in [0, 0.05) is 25.7 Å². The Bertz CT molecular complexity index is 1680. The van der Waals surface area contributed by atoms with E-state index in [1.54, 1.807) is 0 Å². The van der Waals surface area contributed by atoms with Gasteiger partial charge in [-0.15, -0.1) is 0 Å². The summed E-state index contributed by atoms with van der Waals surface area (Å²) in [5, 5.41) is 10.5. The van der Waals surface area contributed by atoms with Gasteiger partial charge in [0.2, 0.25) is 0 Å². The smallest absolute Gasteiger partial charge is 0.462 e. The molecule has 0 aromatic rings. The largest absolute Gasteiger partial charge is 0.472 e. The highest BCUT2D eigenvalue weighted by Gasteiger charge is 2.30. The maximum absolute atomic E-state index is 13.0. The molecule has 7 atom stereocenters. The first-order chi connectivity index (χ1) is 40.2. The zero-order valence-corrected chi connectivity index (χ0v) is 56.3. The van der Waals surface area contributed by atoms with Crippen LogP contribution in [0, 0.1) is 23.7 Å². The molecule has 19 heteroatoms. The van der Waals surface area contributed by atoms with Crippen molar-refractivity contribution in [3.05, 3.63) is 0 Å². The summed E-state index contributed by atoms with van der Waals surface area (Å²) in [6, 6.07) is 0. The predicted octanol–water partition coefficient (Wildman–Crippen LogP) is 17.8. The zero-order chi connectivity index (χ0) is 62.5. The zero-order valence-electron chi connectivity index (χ0n) is 54.5. The van der Waals surface area contributed by atoms with Crippen molar-refractivity contribution >= 4 is 39.5 Å². The van der Waals surface area contributed by atoms with E-state index in [1.807, 2.05) is 0 Å². The van der Waals surface area contributed by atoms with Crippen molar-refractivity contribution in [1.29, 1.82) is 0 Å². The Hall–Kier alpha value is -1.94. The summed E-state index contributed by atoms with van der Waals surface area (Å²) in [7, 11) is -9.89. The van der Waals surface area contributed by atoms with Crippen molar-refractivity contribution in [2.24, 2.45) is 23.7 Å². The van der Waals surface area contributed by atoms with Crippen molar-refractivity contribution in [3.8, 4) is 0 Å². The number of hydrogen-bond acceptors (Lipinski definition) is 15. The Morgan fingerprint density at radius 1 is 0.333 bits per heavy atom. The van der Waals surface area contributed by atoms with Crippen molar-refractivity contribution in [2.75, 3.05) is 39.6 Å². The molecule has 4 unspecified atom stereocenters. The summed E-state index contributed by atoms with van der Waals surface area (Å²) in [5.41, 5.74) is 0. The number of carbonyl (C=O) groups is 4. The fourth-order valence-corrected chi connectivity index (χ4v) is 11.1. The molecule has 0 radical (unpaired) electrons. The van der Waals surface area contributed by atoms with Crippen molar-refractivity contribution in [3.63, 3.8) is 0 Å². The van der Waals surface area contributed by atoms with Gasteiger partial charge >= 0.3 is 39.5 Å². The number of carbonyl (C=O) groups excluding carboxylic acids is 4. The molecule has 0 aromatic heterocycles. The summed E-state index contributed by atoms with van der Waals surface area (Å²) in [6.45, 7) is 14.0. The Kier molecular flexibility index (Phi) is 53.9. The van der Waals surface area contributed by atoms with Gasteiger partial charge in [-0.05, 0) is 49.4 Å². The van der Waals surface area contributed by atoms with Crippen LogP contribution in [0.1, 0.15) is 312 Å². The highest BCUT2D eigenvalue weighted by Crippen LogP contribution is 2.45. The van der Waals surface area contributed by atoms with Crippen LogP contribution in [0.3, 0.4) is 0 Å². The Morgan fingerprint density at radius 2 is 0.571 bits per heavy atom. The summed E-state index contributed by atoms with van der Waals surface area (Å²) in [5.74, 6) is 0.781. The number of hydrogen-bond donors (Lipinski definition) is 3. The SMILES string of the molecule is CCC(C)CCCCCCCCC(=O)OC[C@H](COP(=O)(O)OC[C@H](O)COP(=O)(O)OC[C@@H](COC(=O)CCCCCCCCCC(C)C)OC(=O)CCCCCCCCCCCCCC(C)C)OC(=O)CCCCCCCCC(C)CC. The third kappa shape index (κ3) is 56.6. The first-order valence-electron chi connectivity index (χ1n) is 33.8. The van der Waals surface area contributed by atoms with E-state index in [0.717, 1.165) is 120 Å². The van der Waals surface area contributed by atoms with Crippen LogP contribution >= 0.6 is 15.6 Å². The molecule has 0 spiro atoms. The van der Waals surface area contributed by atoms with Gasteiger partial charge < -0.3 is 33.8 Å². The molecule has 0 aromatic carbocycles. The van der Waals surface area contributed by atoms with Gasteiger partial charge in [-0.3, -0.25) is 37.3 Å². The second-order valence-electron chi connectivity index (χ2n) is 24.9. The molecule has 0 saturated heterocycles. The number of aliphatic hydroxyl groups excluding tert-OH is 1. The number of esters is 4. The van der Waals surface area contributed by atoms with E-state index < -0.39 is 97.5 Å². The van der Waals surface area contributed by atoms with Gasteiger partial charge in [0.1, 0.15) is 19.3 Å². The minimum absolute atomic E-state index is 0.101. The number of rotatable bonds is 62. The molecule has 0 aliphatic rings. The normalized spacial score (nSPS) is 15.1. The second kappa shape index (κ2) is 55.2. The summed E-state index contributed by atoms with van der Waals surface area (Å²) < 4.78 is 68.0. The topological polar surface area (TPSA) is 237 Å². The van der Waals surface area contributed by atoms with E-state index in [1.165, 1.54) is 103 Å². The van der Waals surface area contributed by atoms with Gasteiger partial charge in [-0.1, -0.05) is 261 Å². The van der Waals surface area contributed by atoms with E-state index in [4.69, 9.17) is 37.0 Å². The van der Waals surface area contributed by atoms with Crippen LogP contribution in [0.5, 0.6) is 0 Å². The average molecular weight is 1240 g/mol. The lowest BCUT2D eigenvalue weighted by Crippen LogP contribution is -2.30. The fraction of sp³-hybridized carbons (Fsp3) is 0.938.